The van der Waals surface area contributed by atoms with E-state index in [-0.39, 0.29) is 5.09 Å². The highest BCUT2D eigenvalue weighted by atomic mass is 32.2. The minimum Gasteiger partial charge on any atom is -0.497 e. The van der Waals surface area contributed by atoms with Crippen molar-refractivity contribution >= 4 is 15.7 Å². The molecule has 0 aliphatic carbocycles. The monoisotopic (exact) mass is 347 g/mol. The molecule has 0 spiro atoms. The van der Waals surface area contributed by atoms with Gasteiger partial charge in [-0.05, 0) is 50.2 Å². The molecule has 2 N–H and O–H groups in total. The molecule has 3 aromatic rings. The molecule has 1 aromatic carbocycles. The van der Waals surface area contributed by atoms with Crippen molar-refractivity contribution in [3.63, 3.8) is 0 Å². The summed E-state index contributed by atoms with van der Waals surface area (Å²) in [5.41, 5.74) is 2.83. The summed E-state index contributed by atoms with van der Waals surface area (Å²) < 4.78 is 37.9. The van der Waals surface area contributed by atoms with Crippen LogP contribution in [0.25, 0.3) is 11.5 Å². The fourth-order valence-electron chi connectivity index (χ4n) is 2.18. The van der Waals surface area contributed by atoms with Crippen LogP contribution in [0.3, 0.4) is 0 Å². The second-order valence-corrected chi connectivity index (χ2v) is 6.89. The molecule has 0 bridgehead atoms. The highest BCUT2D eigenvalue weighted by molar-refractivity contribution is 7.92. The lowest BCUT2D eigenvalue weighted by Gasteiger charge is -2.06. The van der Waals surface area contributed by atoms with Crippen molar-refractivity contribution in [3.8, 4) is 17.2 Å². The summed E-state index contributed by atoms with van der Waals surface area (Å²) in [5.74, 6) is 1.04. The molecule has 0 atom stereocenters. The second kappa shape index (κ2) is 6.04. The summed E-state index contributed by atoms with van der Waals surface area (Å²) in [7, 11) is -2.28. The summed E-state index contributed by atoms with van der Waals surface area (Å²) in [4.78, 5) is 0. The number of aromatic amines is 1. The molecule has 0 aliphatic heterocycles. The lowest BCUT2D eigenvalue weighted by atomic mass is 10.2. The number of H-pyrrole nitrogens is 1. The summed E-state index contributed by atoms with van der Waals surface area (Å²) in [6.45, 7) is 3.78. The lowest BCUT2D eigenvalue weighted by Crippen LogP contribution is -2.11. The molecule has 24 heavy (non-hydrogen) atoms. The van der Waals surface area contributed by atoms with Crippen molar-refractivity contribution in [2.24, 2.45) is 0 Å². The van der Waals surface area contributed by atoms with Crippen LogP contribution in [0.2, 0.25) is 0 Å². The average Bonchev–Trinajstić information content (AvgIpc) is 3.16. The molecule has 3 rings (SSSR count). The van der Waals surface area contributed by atoms with Gasteiger partial charge in [0.05, 0.1) is 7.11 Å². The van der Waals surface area contributed by atoms with E-state index in [1.807, 2.05) is 13.8 Å². The van der Waals surface area contributed by atoms with Crippen molar-refractivity contribution in [1.29, 1.82) is 0 Å². The quantitative estimate of drug-likeness (QED) is 0.739. The topological polar surface area (TPSA) is 97.2 Å². The molecule has 0 amide bonds. The van der Waals surface area contributed by atoms with Gasteiger partial charge in [-0.2, -0.15) is 13.5 Å². The first-order valence-electron chi connectivity index (χ1n) is 7.19. The Morgan fingerprint density at radius 3 is 2.42 bits per heavy atom. The Morgan fingerprint density at radius 1 is 1.12 bits per heavy atom. The first kappa shape index (κ1) is 16.1. The van der Waals surface area contributed by atoms with Gasteiger partial charge in [0.2, 0.25) is 5.09 Å². The number of sulfonamides is 1. The van der Waals surface area contributed by atoms with Gasteiger partial charge in [-0.25, -0.2) is 0 Å². The standard InChI is InChI=1S/C16H17N3O4S/c1-10-11(2)17-18-16(10)14-8-9-15(23-14)24(20,21)19-12-4-6-13(22-3)7-5-12/h4-9,19H,1-3H3,(H,17,18). The average molecular weight is 347 g/mol. The van der Waals surface area contributed by atoms with Crippen molar-refractivity contribution in [2.75, 3.05) is 11.8 Å². The molecule has 0 aliphatic rings. The Morgan fingerprint density at radius 2 is 1.83 bits per heavy atom. The van der Waals surface area contributed by atoms with Crippen LogP contribution in [0.4, 0.5) is 5.69 Å². The Balaban J connectivity index is 1.86. The van der Waals surface area contributed by atoms with Crippen LogP contribution < -0.4 is 9.46 Å². The first-order valence-corrected chi connectivity index (χ1v) is 8.67. The van der Waals surface area contributed by atoms with Crippen LogP contribution in [-0.2, 0) is 10.0 Å². The molecule has 7 nitrogen and oxygen atoms in total. The Kier molecular flexibility index (Phi) is 4.06. The number of hydrogen-bond donors (Lipinski definition) is 2. The number of ether oxygens (including phenoxy) is 1. The minimum absolute atomic E-state index is 0.173. The van der Waals surface area contributed by atoms with Crippen molar-refractivity contribution < 1.29 is 17.6 Å². The van der Waals surface area contributed by atoms with E-state index in [9.17, 15) is 8.42 Å². The number of nitrogens with one attached hydrogen (secondary N) is 2. The molecular formula is C16H17N3O4S. The number of rotatable bonds is 5. The van der Waals surface area contributed by atoms with Gasteiger partial charge in [0, 0.05) is 16.9 Å². The predicted molar refractivity (Wildman–Crippen MR) is 89.6 cm³/mol. The van der Waals surface area contributed by atoms with Gasteiger partial charge in [-0.15, -0.1) is 0 Å². The van der Waals surface area contributed by atoms with E-state index in [0.717, 1.165) is 11.3 Å². The smallest absolute Gasteiger partial charge is 0.295 e. The zero-order valence-corrected chi connectivity index (χ0v) is 14.3. The SMILES string of the molecule is COc1ccc(NS(=O)(=O)c2ccc(-c3n[nH]c(C)c3C)o2)cc1. The maximum atomic E-state index is 12.4. The third-order valence-corrected chi connectivity index (χ3v) is 4.93. The van der Waals surface area contributed by atoms with Crippen molar-refractivity contribution in [3.05, 3.63) is 47.7 Å². The predicted octanol–water partition coefficient (Wildman–Crippen LogP) is 3.10. The molecule has 0 saturated carbocycles. The molecule has 8 heteroatoms. The van der Waals surface area contributed by atoms with Crippen LogP contribution in [0.5, 0.6) is 5.75 Å². The number of anilines is 1. The number of nitrogens with zero attached hydrogens (tertiary/aromatic N) is 1. The Bertz CT molecular complexity index is 956. The highest BCUT2D eigenvalue weighted by Gasteiger charge is 2.21. The number of methoxy groups -OCH3 is 1. The van der Waals surface area contributed by atoms with Crippen LogP contribution in [0.15, 0.2) is 45.9 Å². The highest BCUT2D eigenvalue weighted by Crippen LogP contribution is 2.28. The van der Waals surface area contributed by atoms with Crippen molar-refractivity contribution in [2.45, 2.75) is 18.9 Å². The summed E-state index contributed by atoms with van der Waals surface area (Å²) >= 11 is 0. The molecule has 2 aromatic heterocycles. The second-order valence-electron chi connectivity index (χ2n) is 5.27. The van der Waals surface area contributed by atoms with E-state index in [1.54, 1.807) is 37.4 Å². The summed E-state index contributed by atoms with van der Waals surface area (Å²) in [5, 5.41) is 6.81. The van der Waals surface area contributed by atoms with E-state index >= 15 is 0 Å². The fourth-order valence-corrected chi connectivity index (χ4v) is 3.17. The van der Waals surface area contributed by atoms with Gasteiger partial charge in [0.25, 0.3) is 10.0 Å². The minimum atomic E-state index is -3.82. The van der Waals surface area contributed by atoms with Crippen molar-refractivity contribution in [1.82, 2.24) is 10.2 Å². The number of furan rings is 1. The van der Waals surface area contributed by atoms with Gasteiger partial charge in [-0.3, -0.25) is 9.82 Å². The zero-order chi connectivity index (χ0) is 17.3. The van der Waals surface area contributed by atoms with E-state index in [4.69, 9.17) is 9.15 Å². The van der Waals surface area contributed by atoms with E-state index in [0.29, 0.717) is 22.9 Å². The molecule has 0 radical (unpaired) electrons. The summed E-state index contributed by atoms with van der Waals surface area (Å²) in [6.07, 6.45) is 0. The van der Waals surface area contributed by atoms with E-state index in [2.05, 4.69) is 14.9 Å². The largest absolute Gasteiger partial charge is 0.497 e. The third kappa shape index (κ3) is 3.00. The van der Waals surface area contributed by atoms with Gasteiger partial charge < -0.3 is 9.15 Å². The van der Waals surface area contributed by atoms with Gasteiger partial charge in [0.15, 0.2) is 5.76 Å². The molecule has 0 unspecified atom stereocenters. The van der Waals surface area contributed by atoms with E-state index < -0.39 is 10.0 Å². The Hall–Kier alpha value is -2.74. The maximum Gasteiger partial charge on any atom is 0.295 e. The molecular weight excluding hydrogens is 330 g/mol. The maximum absolute atomic E-state index is 12.4. The van der Waals surface area contributed by atoms with E-state index in [1.165, 1.54) is 6.07 Å². The number of hydrogen-bond acceptors (Lipinski definition) is 5. The van der Waals surface area contributed by atoms with Crippen LogP contribution in [0, 0.1) is 13.8 Å². The molecule has 126 valence electrons. The zero-order valence-electron chi connectivity index (χ0n) is 13.5. The lowest BCUT2D eigenvalue weighted by molar-refractivity contribution is 0.415. The fraction of sp³-hybridized carbons (Fsp3) is 0.188. The molecule has 2 heterocycles. The van der Waals surface area contributed by atoms with Crippen LogP contribution >= 0.6 is 0 Å². The normalized spacial score (nSPS) is 11.5. The van der Waals surface area contributed by atoms with Crippen LogP contribution in [0.1, 0.15) is 11.3 Å². The first-order chi connectivity index (χ1) is 11.4. The van der Waals surface area contributed by atoms with Gasteiger partial charge in [-0.1, -0.05) is 0 Å². The van der Waals surface area contributed by atoms with Gasteiger partial charge in [0.1, 0.15) is 11.4 Å². The molecule has 0 fully saturated rings. The number of aromatic nitrogens is 2. The number of benzene rings is 1. The third-order valence-electron chi connectivity index (χ3n) is 3.67. The number of aryl methyl sites for hydroxylation is 1. The molecule has 0 saturated heterocycles. The van der Waals surface area contributed by atoms with Gasteiger partial charge >= 0.3 is 0 Å². The summed E-state index contributed by atoms with van der Waals surface area (Å²) in [6, 6.07) is 9.56. The van der Waals surface area contributed by atoms with Crippen LogP contribution in [-0.4, -0.2) is 25.7 Å². The Labute approximate surface area is 139 Å².